The first-order chi connectivity index (χ1) is 7.08. The van der Waals surface area contributed by atoms with Crippen molar-refractivity contribution in [3.63, 3.8) is 0 Å². The molecule has 0 aliphatic carbocycles. The van der Waals surface area contributed by atoms with Gasteiger partial charge in [-0.3, -0.25) is 4.79 Å². The van der Waals surface area contributed by atoms with E-state index < -0.39 is 5.97 Å². The molecule has 1 N–H and O–H groups in total. The molecule has 0 unspecified atom stereocenters. The second-order valence-electron chi connectivity index (χ2n) is 3.17. The molecule has 3 nitrogen and oxygen atoms in total. The Balaban J connectivity index is 3.27. The number of carbonyl (C=O) groups is 1. The zero-order valence-corrected chi connectivity index (χ0v) is 9.21. The highest BCUT2D eigenvalue weighted by atomic mass is 32.1. The molecular weight excluding hydrogens is 210 g/mol. The number of nitriles is 1. The monoisotopic (exact) mass is 221 g/mol. The number of carboxylic acids is 1. The molecule has 0 bridgehead atoms. The van der Waals surface area contributed by atoms with E-state index in [0.717, 1.165) is 5.56 Å². The van der Waals surface area contributed by atoms with Crippen LogP contribution >= 0.6 is 12.6 Å². The summed E-state index contributed by atoms with van der Waals surface area (Å²) in [5.41, 5.74) is 2.03. The van der Waals surface area contributed by atoms with Crippen LogP contribution < -0.4 is 0 Å². The van der Waals surface area contributed by atoms with Crippen molar-refractivity contribution < 1.29 is 9.90 Å². The molecule has 0 saturated carbocycles. The van der Waals surface area contributed by atoms with Crippen LogP contribution in [0.2, 0.25) is 0 Å². The van der Waals surface area contributed by atoms with Crippen molar-refractivity contribution in [2.75, 3.05) is 0 Å². The number of thiol groups is 1. The maximum atomic E-state index is 10.6. The number of hydrogen-bond acceptors (Lipinski definition) is 3. The Kier molecular flexibility index (Phi) is 3.75. The summed E-state index contributed by atoms with van der Waals surface area (Å²) < 4.78 is 0. The van der Waals surface area contributed by atoms with E-state index in [1.54, 1.807) is 12.1 Å². The van der Waals surface area contributed by atoms with E-state index in [9.17, 15) is 4.79 Å². The third-order valence-electron chi connectivity index (χ3n) is 2.14. The summed E-state index contributed by atoms with van der Waals surface area (Å²) in [4.78, 5) is 11.3. The largest absolute Gasteiger partial charge is 0.481 e. The molecule has 1 aromatic rings. The van der Waals surface area contributed by atoms with Crippen LogP contribution in [0, 0.1) is 11.3 Å². The lowest BCUT2D eigenvalue weighted by molar-refractivity contribution is -0.136. The van der Waals surface area contributed by atoms with Crippen LogP contribution in [-0.4, -0.2) is 11.1 Å². The molecule has 0 aliphatic heterocycles. The Hall–Kier alpha value is -1.47. The van der Waals surface area contributed by atoms with Gasteiger partial charge in [-0.25, -0.2) is 0 Å². The van der Waals surface area contributed by atoms with Crippen LogP contribution in [0.1, 0.15) is 23.6 Å². The Morgan fingerprint density at radius 3 is 2.73 bits per heavy atom. The van der Waals surface area contributed by atoms with Crippen molar-refractivity contribution in [3.05, 3.63) is 28.8 Å². The van der Waals surface area contributed by atoms with E-state index in [1.165, 1.54) is 0 Å². The van der Waals surface area contributed by atoms with Crippen LogP contribution in [0.3, 0.4) is 0 Å². The van der Waals surface area contributed by atoms with Gasteiger partial charge in [-0.15, -0.1) is 12.6 Å². The molecule has 78 valence electrons. The minimum absolute atomic E-state index is 0.0632. The van der Waals surface area contributed by atoms with Crippen LogP contribution in [0.5, 0.6) is 0 Å². The van der Waals surface area contributed by atoms with E-state index >= 15 is 0 Å². The predicted octanol–water partition coefficient (Wildman–Crippen LogP) is 2.04. The summed E-state index contributed by atoms with van der Waals surface area (Å²) in [7, 11) is 0. The van der Waals surface area contributed by atoms with E-state index in [1.807, 2.05) is 13.0 Å². The number of aliphatic carboxylic acids is 1. The van der Waals surface area contributed by atoms with Crippen LogP contribution in [0.25, 0.3) is 0 Å². The summed E-state index contributed by atoms with van der Waals surface area (Å²) in [6.45, 7) is 1.94. The average Bonchev–Trinajstić information content (AvgIpc) is 2.16. The minimum atomic E-state index is -0.896. The van der Waals surface area contributed by atoms with Gasteiger partial charge in [0.05, 0.1) is 18.1 Å². The van der Waals surface area contributed by atoms with E-state index in [0.29, 0.717) is 22.4 Å². The molecule has 0 aliphatic rings. The van der Waals surface area contributed by atoms with Gasteiger partial charge in [-0.2, -0.15) is 5.26 Å². The van der Waals surface area contributed by atoms with Crippen molar-refractivity contribution >= 4 is 18.6 Å². The third kappa shape index (κ3) is 2.74. The molecule has 0 spiro atoms. The van der Waals surface area contributed by atoms with Crippen molar-refractivity contribution in [1.29, 1.82) is 5.26 Å². The lowest BCUT2D eigenvalue weighted by Gasteiger charge is -2.09. The fraction of sp³-hybridized carbons (Fsp3) is 0.273. The van der Waals surface area contributed by atoms with Crippen LogP contribution in [-0.2, 0) is 17.6 Å². The van der Waals surface area contributed by atoms with E-state index in [2.05, 4.69) is 12.6 Å². The van der Waals surface area contributed by atoms with Crippen molar-refractivity contribution in [2.24, 2.45) is 0 Å². The van der Waals surface area contributed by atoms with Crippen molar-refractivity contribution in [2.45, 2.75) is 24.7 Å². The molecule has 0 amide bonds. The summed E-state index contributed by atoms with van der Waals surface area (Å²) in [5, 5.41) is 17.5. The van der Waals surface area contributed by atoms with Gasteiger partial charge >= 0.3 is 5.97 Å². The van der Waals surface area contributed by atoms with Crippen molar-refractivity contribution in [1.82, 2.24) is 0 Å². The molecule has 1 rings (SSSR count). The number of carboxylic acid groups (broad SMARTS) is 1. The number of rotatable bonds is 3. The maximum Gasteiger partial charge on any atom is 0.307 e. The fourth-order valence-electron chi connectivity index (χ4n) is 1.51. The van der Waals surface area contributed by atoms with E-state index in [4.69, 9.17) is 10.4 Å². The minimum Gasteiger partial charge on any atom is -0.481 e. The molecule has 0 aromatic heterocycles. The summed E-state index contributed by atoms with van der Waals surface area (Å²) in [5.74, 6) is -0.896. The molecule has 0 radical (unpaired) electrons. The number of benzene rings is 1. The second kappa shape index (κ2) is 4.85. The lowest BCUT2D eigenvalue weighted by Crippen LogP contribution is -2.04. The van der Waals surface area contributed by atoms with Crippen molar-refractivity contribution in [3.8, 4) is 6.07 Å². The van der Waals surface area contributed by atoms with Crippen LogP contribution in [0.4, 0.5) is 0 Å². The molecule has 0 fully saturated rings. The van der Waals surface area contributed by atoms with Crippen LogP contribution in [0.15, 0.2) is 17.0 Å². The summed E-state index contributed by atoms with van der Waals surface area (Å²) >= 11 is 4.25. The van der Waals surface area contributed by atoms with Gasteiger partial charge < -0.3 is 5.11 Å². The van der Waals surface area contributed by atoms with Gasteiger partial charge in [-0.05, 0) is 29.7 Å². The normalized spacial score (nSPS) is 9.67. The standard InChI is InChI=1S/C11H11NO2S/c1-2-9-8(5-11(13)14)3-7(6-12)4-10(9)15/h3-4,15H,2,5H2,1H3,(H,13,14). The molecular formula is C11H11NO2S. The Morgan fingerprint density at radius 2 is 2.27 bits per heavy atom. The van der Waals surface area contributed by atoms with Gasteiger partial charge in [0.15, 0.2) is 0 Å². The van der Waals surface area contributed by atoms with Gasteiger partial charge in [0.1, 0.15) is 0 Å². The Bertz CT molecular complexity index is 435. The van der Waals surface area contributed by atoms with Gasteiger partial charge in [0.2, 0.25) is 0 Å². The molecule has 0 atom stereocenters. The van der Waals surface area contributed by atoms with E-state index in [-0.39, 0.29) is 6.42 Å². The molecule has 1 aromatic carbocycles. The molecule has 15 heavy (non-hydrogen) atoms. The smallest absolute Gasteiger partial charge is 0.307 e. The number of hydrogen-bond donors (Lipinski definition) is 2. The third-order valence-corrected chi connectivity index (χ3v) is 2.54. The molecule has 0 saturated heterocycles. The Labute approximate surface area is 93.8 Å². The van der Waals surface area contributed by atoms with Gasteiger partial charge in [0, 0.05) is 4.90 Å². The van der Waals surface area contributed by atoms with Gasteiger partial charge in [0.25, 0.3) is 0 Å². The molecule has 0 heterocycles. The topological polar surface area (TPSA) is 61.1 Å². The molecule has 4 heteroatoms. The zero-order chi connectivity index (χ0) is 11.4. The first-order valence-electron chi connectivity index (χ1n) is 4.55. The maximum absolute atomic E-state index is 10.6. The number of nitrogens with zero attached hydrogens (tertiary/aromatic N) is 1. The van der Waals surface area contributed by atoms with Gasteiger partial charge in [-0.1, -0.05) is 6.92 Å². The summed E-state index contributed by atoms with van der Waals surface area (Å²) in [6.07, 6.45) is 0.652. The second-order valence-corrected chi connectivity index (χ2v) is 3.65. The summed E-state index contributed by atoms with van der Waals surface area (Å²) in [6, 6.07) is 5.27. The highest BCUT2D eigenvalue weighted by molar-refractivity contribution is 7.80. The average molecular weight is 221 g/mol. The first kappa shape index (κ1) is 11.6. The Morgan fingerprint density at radius 1 is 1.60 bits per heavy atom. The first-order valence-corrected chi connectivity index (χ1v) is 4.99. The predicted molar refractivity (Wildman–Crippen MR) is 59.1 cm³/mol. The zero-order valence-electron chi connectivity index (χ0n) is 8.32. The SMILES string of the molecule is CCc1c(S)cc(C#N)cc1CC(=O)O. The highest BCUT2D eigenvalue weighted by Gasteiger charge is 2.10. The fourth-order valence-corrected chi connectivity index (χ4v) is 1.95. The highest BCUT2D eigenvalue weighted by Crippen LogP contribution is 2.22. The quantitative estimate of drug-likeness (QED) is 0.768. The lowest BCUT2D eigenvalue weighted by atomic mass is 10.00.